The maximum absolute atomic E-state index is 9.82. The molecule has 1 N–H and O–H groups in total. The van der Waals surface area contributed by atoms with Gasteiger partial charge in [0.1, 0.15) is 18.6 Å². The van der Waals surface area contributed by atoms with Gasteiger partial charge < -0.3 is 19.0 Å². The van der Waals surface area contributed by atoms with Gasteiger partial charge in [-0.25, -0.2) is 4.98 Å². The molecular weight excluding hydrogens is 318 g/mol. The minimum Gasteiger partial charge on any atom is -0.493 e. The largest absolute Gasteiger partial charge is 0.493 e. The van der Waals surface area contributed by atoms with Gasteiger partial charge in [-0.15, -0.1) is 6.58 Å². The SMILES string of the molecule is C=CC(O)c1ccc(OCc2coc(-c3ccccc3)n2)c(OC)c1. The van der Waals surface area contributed by atoms with E-state index in [1.165, 1.54) is 6.08 Å². The van der Waals surface area contributed by atoms with E-state index in [2.05, 4.69) is 11.6 Å². The van der Waals surface area contributed by atoms with E-state index in [1.54, 1.807) is 31.6 Å². The maximum atomic E-state index is 9.82. The number of ether oxygens (including phenoxy) is 2. The average Bonchev–Trinajstić information content (AvgIpc) is 3.15. The van der Waals surface area contributed by atoms with Gasteiger partial charge in [-0.3, -0.25) is 0 Å². The third-order valence-electron chi connectivity index (χ3n) is 3.70. The fraction of sp³-hybridized carbons (Fsp3) is 0.150. The zero-order valence-corrected chi connectivity index (χ0v) is 13.9. The number of nitrogens with zero attached hydrogens (tertiary/aromatic N) is 1. The highest BCUT2D eigenvalue weighted by Crippen LogP contribution is 2.31. The molecule has 2 aromatic carbocycles. The van der Waals surface area contributed by atoms with E-state index < -0.39 is 6.10 Å². The molecule has 0 saturated heterocycles. The van der Waals surface area contributed by atoms with E-state index in [0.717, 1.165) is 5.56 Å². The topological polar surface area (TPSA) is 64.7 Å². The number of benzene rings is 2. The highest BCUT2D eigenvalue weighted by molar-refractivity contribution is 5.52. The molecule has 0 radical (unpaired) electrons. The summed E-state index contributed by atoms with van der Waals surface area (Å²) in [7, 11) is 1.55. The van der Waals surface area contributed by atoms with Crippen molar-refractivity contribution in [3.8, 4) is 23.0 Å². The predicted octanol–water partition coefficient (Wildman–Crippen LogP) is 4.15. The van der Waals surface area contributed by atoms with Crippen molar-refractivity contribution in [2.24, 2.45) is 0 Å². The normalized spacial score (nSPS) is 11.8. The van der Waals surface area contributed by atoms with Crippen molar-refractivity contribution in [2.75, 3.05) is 7.11 Å². The van der Waals surface area contributed by atoms with Crippen molar-refractivity contribution in [2.45, 2.75) is 12.7 Å². The Morgan fingerprint density at radius 3 is 2.72 bits per heavy atom. The number of oxazole rings is 1. The first-order valence-corrected chi connectivity index (χ1v) is 7.82. The molecule has 3 rings (SSSR count). The van der Waals surface area contributed by atoms with Crippen LogP contribution in [0.3, 0.4) is 0 Å². The van der Waals surface area contributed by atoms with Crippen LogP contribution < -0.4 is 9.47 Å². The van der Waals surface area contributed by atoms with Crippen LogP contribution in [0.5, 0.6) is 11.5 Å². The lowest BCUT2D eigenvalue weighted by atomic mass is 10.1. The predicted molar refractivity (Wildman–Crippen MR) is 94.4 cm³/mol. The average molecular weight is 337 g/mol. The van der Waals surface area contributed by atoms with E-state index in [9.17, 15) is 5.11 Å². The summed E-state index contributed by atoms with van der Waals surface area (Å²) in [5, 5.41) is 9.82. The number of rotatable bonds is 7. The van der Waals surface area contributed by atoms with Crippen molar-refractivity contribution < 1.29 is 19.0 Å². The van der Waals surface area contributed by atoms with Crippen LogP contribution in [0.1, 0.15) is 17.4 Å². The Kier molecular flexibility index (Phi) is 5.16. The first-order valence-electron chi connectivity index (χ1n) is 7.82. The van der Waals surface area contributed by atoms with Crippen molar-refractivity contribution in [3.63, 3.8) is 0 Å². The Bertz CT molecular complexity index is 842. The van der Waals surface area contributed by atoms with E-state index in [0.29, 0.717) is 28.6 Å². The van der Waals surface area contributed by atoms with Gasteiger partial charge in [0.05, 0.1) is 13.2 Å². The number of aromatic nitrogens is 1. The highest BCUT2D eigenvalue weighted by atomic mass is 16.5. The second kappa shape index (κ2) is 7.68. The highest BCUT2D eigenvalue weighted by Gasteiger charge is 2.11. The molecule has 1 atom stereocenters. The Morgan fingerprint density at radius 1 is 1.20 bits per heavy atom. The standard InChI is InChI=1S/C20H19NO4/c1-3-17(22)15-9-10-18(19(11-15)23-2)24-12-16-13-25-20(21-16)14-7-5-4-6-8-14/h3-11,13,17,22H,1,12H2,2H3. The van der Waals surface area contributed by atoms with Crippen molar-refractivity contribution >= 4 is 0 Å². The molecule has 3 aromatic rings. The number of hydrogen-bond donors (Lipinski definition) is 1. The first-order chi connectivity index (χ1) is 12.2. The molecule has 0 aliphatic rings. The minimum absolute atomic E-state index is 0.246. The van der Waals surface area contributed by atoms with Gasteiger partial charge in [-0.2, -0.15) is 0 Å². The van der Waals surface area contributed by atoms with E-state index in [-0.39, 0.29) is 6.61 Å². The fourth-order valence-electron chi connectivity index (χ4n) is 2.36. The smallest absolute Gasteiger partial charge is 0.226 e. The first kappa shape index (κ1) is 16.8. The van der Waals surface area contributed by atoms with Crippen LogP contribution >= 0.6 is 0 Å². The number of hydrogen-bond acceptors (Lipinski definition) is 5. The maximum Gasteiger partial charge on any atom is 0.226 e. The summed E-state index contributed by atoms with van der Waals surface area (Å²) >= 11 is 0. The number of aliphatic hydroxyl groups is 1. The molecule has 1 heterocycles. The molecule has 25 heavy (non-hydrogen) atoms. The fourth-order valence-corrected chi connectivity index (χ4v) is 2.36. The third kappa shape index (κ3) is 3.89. The van der Waals surface area contributed by atoms with Crippen LogP contribution in [0.25, 0.3) is 11.5 Å². The molecule has 0 bridgehead atoms. The Hall–Kier alpha value is -3.05. The summed E-state index contributed by atoms with van der Waals surface area (Å²) in [5.41, 5.74) is 2.28. The second-order valence-corrected chi connectivity index (χ2v) is 5.39. The molecule has 1 aromatic heterocycles. The van der Waals surface area contributed by atoms with E-state index in [1.807, 2.05) is 30.3 Å². The summed E-state index contributed by atoms with van der Waals surface area (Å²) in [5.74, 6) is 1.65. The van der Waals surface area contributed by atoms with Gasteiger partial charge in [-0.1, -0.05) is 30.3 Å². The molecule has 128 valence electrons. The van der Waals surface area contributed by atoms with Gasteiger partial charge in [0, 0.05) is 5.56 Å². The van der Waals surface area contributed by atoms with Crippen molar-refractivity contribution in [3.05, 3.63) is 78.7 Å². The molecule has 1 unspecified atom stereocenters. The summed E-state index contributed by atoms with van der Waals surface area (Å²) in [6, 6.07) is 14.9. The third-order valence-corrected chi connectivity index (χ3v) is 3.70. The van der Waals surface area contributed by atoms with Crippen molar-refractivity contribution in [1.29, 1.82) is 0 Å². The van der Waals surface area contributed by atoms with Crippen LogP contribution in [-0.2, 0) is 6.61 Å². The van der Waals surface area contributed by atoms with Crippen molar-refractivity contribution in [1.82, 2.24) is 4.98 Å². The lowest BCUT2D eigenvalue weighted by molar-refractivity contribution is 0.227. The second-order valence-electron chi connectivity index (χ2n) is 5.39. The van der Waals surface area contributed by atoms with Crippen LogP contribution in [0, 0.1) is 0 Å². The van der Waals surface area contributed by atoms with E-state index in [4.69, 9.17) is 13.9 Å². The zero-order valence-electron chi connectivity index (χ0n) is 13.9. The van der Waals surface area contributed by atoms with Gasteiger partial charge in [0.15, 0.2) is 11.5 Å². The Morgan fingerprint density at radius 2 is 2.00 bits per heavy atom. The molecule has 0 fully saturated rings. The van der Waals surface area contributed by atoms with Gasteiger partial charge in [-0.05, 0) is 29.8 Å². The molecule has 0 aliphatic heterocycles. The zero-order chi connectivity index (χ0) is 17.6. The Labute approximate surface area is 146 Å². The lowest BCUT2D eigenvalue weighted by Gasteiger charge is -2.12. The lowest BCUT2D eigenvalue weighted by Crippen LogP contribution is -2.00. The minimum atomic E-state index is -0.744. The summed E-state index contributed by atoms with van der Waals surface area (Å²) < 4.78 is 16.6. The molecule has 0 saturated carbocycles. The van der Waals surface area contributed by atoms with Crippen LogP contribution in [0.15, 0.2) is 71.9 Å². The molecule has 0 spiro atoms. The summed E-state index contributed by atoms with van der Waals surface area (Å²) in [6.45, 7) is 3.82. The monoisotopic (exact) mass is 337 g/mol. The summed E-state index contributed by atoms with van der Waals surface area (Å²) in [6.07, 6.45) is 2.28. The van der Waals surface area contributed by atoms with Gasteiger partial charge in [0.25, 0.3) is 0 Å². The molecule has 0 aliphatic carbocycles. The molecular formula is C20H19NO4. The molecule has 5 heteroatoms. The summed E-state index contributed by atoms with van der Waals surface area (Å²) in [4.78, 5) is 4.42. The molecule has 0 amide bonds. The van der Waals surface area contributed by atoms with Crippen LogP contribution in [-0.4, -0.2) is 17.2 Å². The Balaban J connectivity index is 1.71. The number of aliphatic hydroxyl groups excluding tert-OH is 1. The van der Waals surface area contributed by atoms with E-state index >= 15 is 0 Å². The van der Waals surface area contributed by atoms with Crippen LogP contribution in [0.4, 0.5) is 0 Å². The molecule has 5 nitrogen and oxygen atoms in total. The number of methoxy groups -OCH3 is 1. The van der Waals surface area contributed by atoms with Gasteiger partial charge >= 0.3 is 0 Å². The van der Waals surface area contributed by atoms with Gasteiger partial charge in [0.2, 0.25) is 5.89 Å². The quantitative estimate of drug-likeness (QED) is 0.656. The van der Waals surface area contributed by atoms with Crippen LogP contribution in [0.2, 0.25) is 0 Å².